The molecule has 2 rings (SSSR count). The Morgan fingerprint density at radius 1 is 1.45 bits per heavy atom. The van der Waals surface area contributed by atoms with Crippen LogP contribution in [0.25, 0.3) is 0 Å². The van der Waals surface area contributed by atoms with Gasteiger partial charge in [-0.3, -0.25) is 9.78 Å². The van der Waals surface area contributed by atoms with Crippen molar-refractivity contribution in [2.45, 2.75) is 25.8 Å². The van der Waals surface area contributed by atoms with Gasteiger partial charge in [-0.05, 0) is 37.8 Å². The third-order valence-electron chi connectivity index (χ3n) is 3.13. The smallest absolute Gasteiger partial charge is 0.235 e. The highest BCUT2D eigenvalue weighted by Crippen LogP contribution is 2.40. The largest absolute Gasteiger partial charge is 0.346 e. The zero-order chi connectivity index (χ0) is 14.8. The van der Waals surface area contributed by atoms with E-state index < -0.39 is 10.0 Å². The van der Waals surface area contributed by atoms with E-state index in [0.717, 1.165) is 30.5 Å². The third-order valence-corrected chi connectivity index (χ3v) is 3.80. The molecule has 0 bridgehead atoms. The highest BCUT2D eigenvalue weighted by Gasteiger charge is 2.34. The number of amides is 1. The van der Waals surface area contributed by atoms with Crippen molar-refractivity contribution in [2.24, 2.45) is 5.92 Å². The maximum absolute atomic E-state index is 11.8. The molecule has 1 unspecified atom stereocenters. The Labute approximate surface area is 119 Å². The molecule has 0 aliphatic heterocycles. The van der Waals surface area contributed by atoms with Gasteiger partial charge in [-0.1, -0.05) is 6.07 Å². The average Bonchev–Trinajstić information content (AvgIpc) is 3.17. The molecule has 6 nitrogen and oxygen atoms in total. The first-order valence-corrected chi connectivity index (χ1v) is 8.42. The number of aromatic nitrogens is 1. The Morgan fingerprint density at radius 3 is 2.70 bits per heavy atom. The first-order chi connectivity index (χ1) is 9.35. The standard InChI is InChI=1S/C13H19N3O3S/c1-9-4-3-5-11(15-9)13(10-6-7-10)16-12(17)8-14-20(2,18)19/h3-5,10,13-14H,6-8H2,1-2H3,(H,16,17). The molecule has 0 radical (unpaired) electrons. The maximum Gasteiger partial charge on any atom is 0.235 e. The minimum Gasteiger partial charge on any atom is -0.346 e. The van der Waals surface area contributed by atoms with E-state index in [4.69, 9.17) is 0 Å². The highest BCUT2D eigenvalue weighted by atomic mass is 32.2. The summed E-state index contributed by atoms with van der Waals surface area (Å²) in [5.74, 6) is 0.0575. The number of nitrogens with one attached hydrogen (secondary N) is 2. The minimum absolute atomic E-state index is 0.135. The minimum atomic E-state index is -3.36. The Balaban J connectivity index is 2.01. The molecule has 1 aromatic heterocycles. The molecule has 1 amide bonds. The summed E-state index contributed by atoms with van der Waals surface area (Å²) in [6.45, 7) is 1.66. The van der Waals surface area contributed by atoms with Crippen molar-refractivity contribution in [3.05, 3.63) is 29.6 Å². The number of aryl methyl sites for hydroxylation is 1. The molecule has 20 heavy (non-hydrogen) atoms. The van der Waals surface area contributed by atoms with Gasteiger partial charge in [-0.25, -0.2) is 13.1 Å². The van der Waals surface area contributed by atoms with Crippen molar-refractivity contribution < 1.29 is 13.2 Å². The number of rotatable bonds is 6. The second-order valence-corrected chi connectivity index (χ2v) is 7.01. The fraction of sp³-hybridized carbons (Fsp3) is 0.538. The average molecular weight is 297 g/mol. The van der Waals surface area contributed by atoms with Crippen LogP contribution in [0.4, 0.5) is 0 Å². The molecule has 0 saturated heterocycles. The van der Waals surface area contributed by atoms with Crippen molar-refractivity contribution >= 4 is 15.9 Å². The van der Waals surface area contributed by atoms with Crippen LogP contribution in [0.1, 0.15) is 30.3 Å². The van der Waals surface area contributed by atoms with Crippen LogP contribution >= 0.6 is 0 Å². The summed E-state index contributed by atoms with van der Waals surface area (Å²) in [5, 5.41) is 2.87. The van der Waals surface area contributed by atoms with E-state index in [2.05, 4.69) is 15.0 Å². The van der Waals surface area contributed by atoms with Crippen LogP contribution in [-0.2, 0) is 14.8 Å². The third kappa shape index (κ3) is 4.57. The number of hydrogen-bond acceptors (Lipinski definition) is 4. The molecular weight excluding hydrogens is 278 g/mol. The molecule has 1 fully saturated rings. The van der Waals surface area contributed by atoms with Crippen LogP contribution in [0.5, 0.6) is 0 Å². The van der Waals surface area contributed by atoms with Crippen LogP contribution in [0.3, 0.4) is 0 Å². The first-order valence-electron chi connectivity index (χ1n) is 6.53. The second-order valence-electron chi connectivity index (χ2n) is 5.18. The molecule has 1 aliphatic carbocycles. The summed E-state index contributed by atoms with van der Waals surface area (Å²) in [5.41, 5.74) is 1.73. The van der Waals surface area contributed by atoms with Gasteiger partial charge >= 0.3 is 0 Å². The highest BCUT2D eigenvalue weighted by molar-refractivity contribution is 7.88. The van der Waals surface area contributed by atoms with Gasteiger partial charge in [0.15, 0.2) is 0 Å². The zero-order valence-electron chi connectivity index (χ0n) is 11.6. The van der Waals surface area contributed by atoms with Crippen molar-refractivity contribution in [2.75, 3.05) is 12.8 Å². The molecule has 1 heterocycles. The summed E-state index contributed by atoms with van der Waals surface area (Å²) < 4.78 is 24.1. The molecular formula is C13H19N3O3S. The molecule has 1 saturated carbocycles. The van der Waals surface area contributed by atoms with E-state index >= 15 is 0 Å². The second kappa shape index (κ2) is 5.88. The van der Waals surface area contributed by atoms with Crippen LogP contribution in [0, 0.1) is 12.8 Å². The topological polar surface area (TPSA) is 88.2 Å². The zero-order valence-corrected chi connectivity index (χ0v) is 12.4. The molecule has 110 valence electrons. The fourth-order valence-corrected chi connectivity index (χ4v) is 2.41. The molecule has 2 N–H and O–H groups in total. The van der Waals surface area contributed by atoms with Gasteiger partial charge in [-0.15, -0.1) is 0 Å². The van der Waals surface area contributed by atoms with Crippen LogP contribution in [0.15, 0.2) is 18.2 Å². The van der Waals surface area contributed by atoms with E-state index in [9.17, 15) is 13.2 Å². The van der Waals surface area contributed by atoms with E-state index in [1.54, 1.807) is 0 Å². The Kier molecular flexibility index (Phi) is 4.39. The molecule has 1 atom stereocenters. The van der Waals surface area contributed by atoms with Crippen molar-refractivity contribution in [1.29, 1.82) is 0 Å². The molecule has 0 spiro atoms. The summed E-state index contributed by atoms with van der Waals surface area (Å²) >= 11 is 0. The number of hydrogen-bond donors (Lipinski definition) is 2. The summed E-state index contributed by atoms with van der Waals surface area (Å²) in [6, 6.07) is 5.57. The van der Waals surface area contributed by atoms with E-state index in [-0.39, 0.29) is 18.5 Å². The van der Waals surface area contributed by atoms with Crippen molar-refractivity contribution in [3.8, 4) is 0 Å². The predicted molar refractivity (Wildman–Crippen MR) is 75.4 cm³/mol. The fourth-order valence-electron chi connectivity index (χ4n) is 2.02. The predicted octanol–water partition coefficient (Wildman–Crippen LogP) is 0.507. The van der Waals surface area contributed by atoms with Gasteiger partial charge in [0.25, 0.3) is 0 Å². The van der Waals surface area contributed by atoms with E-state index in [1.165, 1.54) is 0 Å². The Hall–Kier alpha value is -1.47. The van der Waals surface area contributed by atoms with Gasteiger partial charge in [0, 0.05) is 5.69 Å². The monoisotopic (exact) mass is 297 g/mol. The summed E-state index contributed by atoms with van der Waals surface area (Å²) in [6.07, 6.45) is 3.14. The number of sulfonamides is 1. The number of carbonyl (C=O) groups excluding carboxylic acids is 1. The molecule has 0 aromatic carbocycles. The van der Waals surface area contributed by atoms with Crippen molar-refractivity contribution in [3.63, 3.8) is 0 Å². The van der Waals surface area contributed by atoms with Crippen LogP contribution in [0.2, 0.25) is 0 Å². The lowest BCUT2D eigenvalue weighted by Crippen LogP contribution is -2.39. The molecule has 7 heteroatoms. The number of carbonyl (C=O) groups is 1. The lowest BCUT2D eigenvalue weighted by Gasteiger charge is -2.18. The lowest BCUT2D eigenvalue weighted by molar-refractivity contribution is -0.120. The lowest BCUT2D eigenvalue weighted by atomic mass is 10.1. The Morgan fingerprint density at radius 2 is 2.15 bits per heavy atom. The van der Waals surface area contributed by atoms with E-state index in [0.29, 0.717) is 5.92 Å². The number of nitrogens with zero attached hydrogens (tertiary/aromatic N) is 1. The van der Waals surface area contributed by atoms with Crippen LogP contribution < -0.4 is 10.0 Å². The van der Waals surface area contributed by atoms with E-state index in [1.807, 2.05) is 25.1 Å². The Bertz CT molecular complexity index is 597. The van der Waals surface area contributed by atoms with Gasteiger partial charge < -0.3 is 5.32 Å². The first kappa shape index (κ1) is 14.9. The van der Waals surface area contributed by atoms with Gasteiger partial charge in [0.05, 0.1) is 24.5 Å². The quantitative estimate of drug-likeness (QED) is 0.800. The SMILES string of the molecule is Cc1cccc(C(NC(=O)CNS(C)(=O)=O)C2CC2)n1. The van der Waals surface area contributed by atoms with Crippen molar-refractivity contribution in [1.82, 2.24) is 15.0 Å². The number of pyridine rings is 1. The summed E-state index contributed by atoms with van der Waals surface area (Å²) in [7, 11) is -3.36. The van der Waals surface area contributed by atoms with Crippen LogP contribution in [-0.4, -0.2) is 32.1 Å². The van der Waals surface area contributed by atoms with Gasteiger partial charge in [0.2, 0.25) is 15.9 Å². The molecule has 1 aliphatic rings. The van der Waals surface area contributed by atoms with Gasteiger partial charge in [0.1, 0.15) is 0 Å². The molecule has 1 aromatic rings. The van der Waals surface area contributed by atoms with Gasteiger partial charge in [-0.2, -0.15) is 0 Å². The maximum atomic E-state index is 11.8. The summed E-state index contributed by atoms with van der Waals surface area (Å²) in [4.78, 5) is 16.3. The normalized spacial score (nSPS) is 16.7.